The van der Waals surface area contributed by atoms with E-state index < -0.39 is 0 Å². The quantitative estimate of drug-likeness (QED) is 0.686. The van der Waals surface area contributed by atoms with Crippen molar-refractivity contribution in [3.05, 3.63) is 35.4 Å². The number of amides is 2. The fraction of sp³-hybridized carbons (Fsp3) is 0.529. The summed E-state index contributed by atoms with van der Waals surface area (Å²) in [4.78, 5) is 23.5. The molecule has 1 aromatic carbocycles. The van der Waals surface area contributed by atoms with Gasteiger partial charge in [0.2, 0.25) is 0 Å². The number of unbranched alkanes of at least 4 members (excludes halogenated alkanes) is 4. The zero-order valence-corrected chi connectivity index (χ0v) is 13.1. The Balaban J connectivity index is 2.36. The maximum Gasteiger partial charge on any atom is 0.251 e. The number of carbonyl (C=O) groups is 2. The van der Waals surface area contributed by atoms with Gasteiger partial charge in [-0.3, -0.25) is 9.59 Å². The highest BCUT2D eigenvalue weighted by Crippen LogP contribution is 2.05. The zero-order chi connectivity index (χ0) is 15.5. The Morgan fingerprint density at radius 1 is 0.810 bits per heavy atom. The molecule has 0 aliphatic carbocycles. The van der Waals surface area contributed by atoms with Gasteiger partial charge in [0.1, 0.15) is 0 Å². The van der Waals surface area contributed by atoms with Crippen LogP contribution in [-0.2, 0) is 0 Å². The largest absolute Gasteiger partial charge is 0.352 e. The lowest BCUT2D eigenvalue weighted by Gasteiger charge is -2.06. The van der Waals surface area contributed by atoms with Crippen molar-refractivity contribution in [2.75, 3.05) is 13.1 Å². The average molecular weight is 290 g/mol. The Bertz CT molecular complexity index is 441. The molecule has 0 saturated heterocycles. The molecule has 0 aliphatic rings. The minimum Gasteiger partial charge on any atom is -0.352 e. The van der Waals surface area contributed by atoms with Gasteiger partial charge in [-0.05, 0) is 37.6 Å². The highest BCUT2D eigenvalue weighted by molar-refractivity contribution is 5.97. The summed E-state index contributed by atoms with van der Waals surface area (Å²) in [6.45, 7) is 5.37. The summed E-state index contributed by atoms with van der Waals surface area (Å²) in [7, 11) is 0. The fourth-order valence-corrected chi connectivity index (χ4v) is 2.07. The number of carbonyl (C=O) groups excluding carboxylic acids is 2. The van der Waals surface area contributed by atoms with Crippen molar-refractivity contribution in [1.82, 2.24) is 10.6 Å². The molecule has 0 unspecified atom stereocenters. The summed E-state index contributed by atoms with van der Waals surface area (Å²) in [5.41, 5.74) is 1.17. The molecule has 0 fully saturated rings. The number of rotatable bonds is 9. The van der Waals surface area contributed by atoms with Crippen molar-refractivity contribution in [2.45, 2.75) is 46.0 Å². The standard InChI is InChI=1S/C17H26N2O2/c1-3-5-6-7-8-13-19-17(21)15-11-9-14(10-12-15)16(20)18-4-2/h9-12H,3-8,13H2,1-2H3,(H,18,20)(H,19,21). The number of nitrogens with one attached hydrogen (secondary N) is 2. The Hall–Kier alpha value is -1.84. The van der Waals surface area contributed by atoms with Crippen molar-refractivity contribution < 1.29 is 9.59 Å². The molecule has 0 heterocycles. The normalized spacial score (nSPS) is 10.2. The molecule has 4 nitrogen and oxygen atoms in total. The van der Waals surface area contributed by atoms with E-state index in [4.69, 9.17) is 0 Å². The van der Waals surface area contributed by atoms with E-state index in [-0.39, 0.29) is 11.8 Å². The lowest BCUT2D eigenvalue weighted by Crippen LogP contribution is -2.25. The van der Waals surface area contributed by atoms with Gasteiger partial charge in [0.05, 0.1) is 0 Å². The van der Waals surface area contributed by atoms with Gasteiger partial charge in [0.25, 0.3) is 11.8 Å². The third-order valence-electron chi connectivity index (χ3n) is 3.31. The molecular weight excluding hydrogens is 264 g/mol. The maximum atomic E-state index is 11.9. The van der Waals surface area contributed by atoms with Gasteiger partial charge in [-0.25, -0.2) is 0 Å². The van der Waals surface area contributed by atoms with E-state index in [9.17, 15) is 9.59 Å². The first-order valence-electron chi connectivity index (χ1n) is 7.85. The molecule has 2 N–H and O–H groups in total. The Morgan fingerprint density at radius 3 is 1.86 bits per heavy atom. The minimum atomic E-state index is -0.111. The molecule has 0 bridgehead atoms. The highest BCUT2D eigenvalue weighted by Gasteiger charge is 2.07. The predicted molar refractivity (Wildman–Crippen MR) is 85.5 cm³/mol. The van der Waals surface area contributed by atoms with Crippen molar-refractivity contribution in [2.24, 2.45) is 0 Å². The zero-order valence-electron chi connectivity index (χ0n) is 13.1. The number of benzene rings is 1. The summed E-state index contributed by atoms with van der Waals surface area (Å²) >= 11 is 0. The second kappa shape index (κ2) is 9.97. The van der Waals surface area contributed by atoms with Crippen LogP contribution in [0.2, 0.25) is 0 Å². The van der Waals surface area contributed by atoms with Crippen LogP contribution in [0, 0.1) is 0 Å². The molecule has 116 valence electrons. The van der Waals surface area contributed by atoms with Crippen LogP contribution in [0.25, 0.3) is 0 Å². The van der Waals surface area contributed by atoms with Crippen LogP contribution in [0.5, 0.6) is 0 Å². The molecule has 0 aromatic heterocycles. The first-order chi connectivity index (χ1) is 10.2. The van der Waals surface area contributed by atoms with Gasteiger partial charge in [-0.1, -0.05) is 32.6 Å². The third-order valence-corrected chi connectivity index (χ3v) is 3.31. The van der Waals surface area contributed by atoms with Crippen LogP contribution in [0.4, 0.5) is 0 Å². The van der Waals surface area contributed by atoms with Gasteiger partial charge in [-0.15, -0.1) is 0 Å². The second-order valence-electron chi connectivity index (χ2n) is 5.11. The average Bonchev–Trinajstić information content (AvgIpc) is 2.51. The van der Waals surface area contributed by atoms with Crippen LogP contribution in [0.3, 0.4) is 0 Å². The van der Waals surface area contributed by atoms with E-state index >= 15 is 0 Å². The van der Waals surface area contributed by atoms with Crippen molar-refractivity contribution >= 4 is 11.8 Å². The molecule has 1 aromatic rings. The van der Waals surface area contributed by atoms with Crippen LogP contribution < -0.4 is 10.6 Å². The summed E-state index contributed by atoms with van der Waals surface area (Å²) in [5, 5.41) is 5.64. The Morgan fingerprint density at radius 2 is 1.33 bits per heavy atom. The first-order valence-corrected chi connectivity index (χ1v) is 7.85. The van der Waals surface area contributed by atoms with Crippen LogP contribution >= 0.6 is 0 Å². The van der Waals surface area contributed by atoms with E-state index in [2.05, 4.69) is 17.6 Å². The second-order valence-corrected chi connectivity index (χ2v) is 5.11. The summed E-state index contributed by atoms with van der Waals surface area (Å²) in [6.07, 6.45) is 5.89. The van der Waals surface area contributed by atoms with Crippen molar-refractivity contribution in [3.63, 3.8) is 0 Å². The molecule has 1 rings (SSSR count). The third kappa shape index (κ3) is 6.43. The lowest BCUT2D eigenvalue weighted by atomic mass is 10.1. The molecule has 0 spiro atoms. The van der Waals surface area contributed by atoms with Gasteiger partial charge < -0.3 is 10.6 Å². The van der Waals surface area contributed by atoms with Crippen molar-refractivity contribution in [3.8, 4) is 0 Å². The molecule has 0 atom stereocenters. The smallest absolute Gasteiger partial charge is 0.251 e. The first kappa shape index (κ1) is 17.2. The molecule has 21 heavy (non-hydrogen) atoms. The topological polar surface area (TPSA) is 58.2 Å². The fourth-order valence-electron chi connectivity index (χ4n) is 2.07. The van der Waals surface area contributed by atoms with Crippen LogP contribution in [0.1, 0.15) is 66.7 Å². The van der Waals surface area contributed by atoms with Gasteiger partial charge in [-0.2, -0.15) is 0 Å². The lowest BCUT2D eigenvalue weighted by molar-refractivity contribution is 0.0942. The number of hydrogen-bond donors (Lipinski definition) is 2. The van der Waals surface area contributed by atoms with E-state index in [1.165, 1.54) is 19.3 Å². The van der Waals surface area contributed by atoms with Gasteiger partial charge >= 0.3 is 0 Å². The molecule has 2 amide bonds. The summed E-state index contributed by atoms with van der Waals surface area (Å²) in [5.74, 6) is -0.187. The van der Waals surface area contributed by atoms with E-state index in [1.54, 1.807) is 24.3 Å². The van der Waals surface area contributed by atoms with E-state index in [1.807, 2.05) is 6.92 Å². The Kier molecular flexibility index (Phi) is 8.17. The molecule has 4 heteroatoms. The van der Waals surface area contributed by atoms with E-state index in [0.717, 1.165) is 12.8 Å². The van der Waals surface area contributed by atoms with Crippen molar-refractivity contribution in [1.29, 1.82) is 0 Å². The molecule has 0 aliphatic heterocycles. The van der Waals surface area contributed by atoms with Gasteiger partial charge in [0, 0.05) is 24.2 Å². The molecule has 0 saturated carbocycles. The maximum absolute atomic E-state index is 11.9. The van der Waals surface area contributed by atoms with Crippen LogP contribution in [0.15, 0.2) is 24.3 Å². The van der Waals surface area contributed by atoms with Gasteiger partial charge in [0.15, 0.2) is 0 Å². The minimum absolute atomic E-state index is 0.0760. The highest BCUT2D eigenvalue weighted by atomic mass is 16.2. The number of hydrogen-bond acceptors (Lipinski definition) is 2. The summed E-state index contributed by atoms with van der Waals surface area (Å²) in [6, 6.07) is 6.75. The Labute approximate surface area is 127 Å². The van der Waals surface area contributed by atoms with E-state index in [0.29, 0.717) is 24.2 Å². The predicted octanol–water partition coefficient (Wildman–Crippen LogP) is 3.14. The molecule has 0 radical (unpaired) electrons. The summed E-state index contributed by atoms with van der Waals surface area (Å²) < 4.78 is 0. The van der Waals surface area contributed by atoms with Crippen LogP contribution in [-0.4, -0.2) is 24.9 Å². The monoisotopic (exact) mass is 290 g/mol. The SMILES string of the molecule is CCCCCCCNC(=O)c1ccc(C(=O)NCC)cc1. The molecular formula is C17H26N2O2.